The molecule has 3 rings (SSSR count). The van der Waals surface area contributed by atoms with Gasteiger partial charge in [-0.05, 0) is 48.4 Å². The first-order valence-electron chi connectivity index (χ1n) is 8.38. The predicted octanol–water partition coefficient (Wildman–Crippen LogP) is 2.78. The maximum absolute atomic E-state index is 12.9. The zero-order valence-corrected chi connectivity index (χ0v) is 15.9. The van der Waals surface area contributed by atoms with Gasteiger partial charge in [-0.3, -0.25) is 14.9 Å². The summed E-state index contributed by atoms with van der Waals surface area (Å²) >= 11 is 5.99. The number of aliphatic carboxylic acids is 1. The van der Waals surface area contributed by atoms with Gasteiger partial charge in [0.05, 0.1) is 5.69 Å². The second kappa shape index (κ2) is 8.15. The van der Waals surface area contributed by atoms with Gasteiger partial charge < -0.3 is 9.84 Å². The summed E-state index contributed by atoms with van der Waals surface area (Å²) < 4.78 is 5.04. The van der Waals surface area contributed by atoms with Gasteiger partial charge in [0.2, 0.25) is 0 Å². The van der Waals surface area contributed by atoms with Gasteiger partial charge in [0.25, 0.3) is 11.8 Å². The van der Waals surface area contributed by atoms with Crippen molar-refractivity contribution in [2.24, 2.45) is 0 Å². The fraction of sp³-hybridized carbons (Fsp3) is 0.100. The molecule has 0 aliphatic carbocycles. The van der Waals surface area contributed by atoms with Gasteiger partial charge in [0.15, 0.2) is 6.61 Å². The lowest BCUT2D eigenvalue weighted by atomic mass is 10.1. The third kappa shape index (κ3) is 4.44. The average Bonchev–Trinajstić information content (AvgIpc) is 2.67. The number of amides is 4. The minimum Gasteiger partial charge on any atom is -0.482 e. The van der Waals surface area contributed by atoms with E-state index in [-0.39, 0.29) is 11.3 Å². The monoisotopic (exact) mass is 414 g/mol. The van der Waals surface area contributed by atoms with Crippen LogP contribution in [-0.2, 0) is 14.4 Å². The van der Waals surface area contributed by atoms with Crippen molar-refractivity contribution in [1.82, 2.24) is 5.32 Å². The van der Waals surface area contributed by atoms with Crippen LogP contribution in [0.25, 0.3) is 6.08 Å². The third-order valence-corrected chi connectivity index (χ3v) is 4.30. The first kappa shape index (κ1) is 20.1. The number of urea groups is 1. The lowest BCUT2D eigenvalue weighted by Crippen LogP contribution is -2.54. The van der Waals surface area contributed by atoms with Crippen LogP contribution in [0.1, 0.15) is 11.1 Å². The molecule has 1 heterocycles. The molecule has 0 unspecified atom stereocenters. The molecule has 2 N–H and O–H groups in total. The summed E-state index contributed by atoms with van der Waals surface area (Å²) in [6.07, 6.45) is 1.33. The quantitative estimate of drug-likeness (QED) is 0.574. The molecule has 1 fully saturated rings. The second-order valence-corrected chi connectivity index (χ2v) is 6.58. The number of hydrogen-bond acceptors (Lipinski definition) is 5. The molecule has 1 saturated heterocycles. The highest BCUT2D eigenvalue weighted by atomic mass is 35.5. The van der Waals surface area contributed by atoms with E-state index in [0.717, 1.165) is 4.90 Å². The van der Waals surface area contributed by atoms with Crippen molar-refractivity contribution in [3.8, 4) is 5.75 Å². The number of ether oxygens (including phenoxy) is 1. The Morgan fingerprint density at radius 1 is 1.17 bits per heavy atom. The number of aryl methyl sites for hydroxylation is 1. The van der Waals surface area contributed by atoms with Crippen molar-refractivity contribution in [1.29, 1.82) is 0 Å². The van der Waals surface area contributed by atoms with E-state index in [1.807, 2.05) is 0 Å². The molecule has 2 aromatic rings. The Hall–Kier alpha value is -3.65. The van der Waals surface area contributed by atoms with Gasteiger partial charge in [0.1, 0.15) is 11.3 Å². The summed E-state index contributed by atoms with van der Waals surface area (Å²) in [5.74, 6) is -2.39. The Morgan fingerprint density at radius 2 is 1.86 bits per heavy atom. The molecule has 1 aliphatic rings. The van der Waals surface area contributed by atoms with Crippen molar-refractivity contribution in [2.45, 2.75) is 6.92 Å². The number of carbonyl (C=O) groups excluding carboxylic acids is 3. The molecule has 0 radical (unpaired) electrons. The highest BCUT2D eigenvalue weighted by molar-refractivity contribution is 6.39. The van der Waals surface area contributed by atoms with Crippen LogP contribution in [-0.4, -0.2) is 35.5 Å². The Bertz CT molecular complexity index is 1050. The number of carboxylic acids is 1. The normalized spacial score (nSPS) is 15.4. The standard InChI is InChI=1S/C20H15ClN2O6/c1-11-2-5-13(21)9-16(11)23-19(27)15(18(26)22-20(23)28)8-12-3-6-14(7-4-12)29-10-17(24)25/h2-9H,10H2,1H3,(H,24,25)(H,22,26,28)/b15-8-. The van der Waals surface area contributed by atoms with Crippen LogP contribution >= 0.6 is 11.6 Å². The maximum Gasteiger partial charge on any atom is 0.341 e. The number of carboxylic acid groups (broad SMARTS) is 1. The first-order valence-corrected chi connectivity index (χ1v) is 8.76. The van der Waals surface area contributed by atoms with Crippen LogP contribution < -0.4 is 15.0 Å². The summed E-state index contributed by atoms with van der Waals surface area (Å²) in [5.41, 5.74) is 1.16. The van der Waals surface area contributed by atoms with E-state index >= 15 is 0 Å². The number of carbonyl (C=O) groups is 4. The van der Waals surface area contributed by atoms with E-state index < -0.39 is 30.4 Å². The molecule has 0 saturated carbocycles. The number of hydrogen-bond donors (Lipinski definition) is 2. The summed E-state index contributed by atoms with van der Waals surface area (Å²) in [5, 5.41) is 11.1. The van der Waals surface area contributed by atoms with E-state index in [4.69, 9.17) is 21.4 Å². The minimum absolute atomic E-state index is 0.233. The summed E-state index contributed by atoms with van der Waals surface area (Å²) in [6, 6.07) is 10.0. The van der Waals surface area contributed by atoms with Crippen LogP contribution in [0.4, 0.5) is 10.5 Å². The van der Waals surface area contributed by atoms with E-state index in [2.05, 4.69) is 5.32 Å². The summed E-state index contributed by atoms with van der Waals surface area (Å²) in [6.45, 7) is 1.22. The van der Waals surface area contributed by atoms with Crippen LogP contribution in [0.5, 0.6) is 5.75 Å². The van der Waals surface area contributed by atoms with Gasteiger partial charge >= 0.3 is 12.0 Å². The van der Waals surface area contributed by atoms with E-state index in [1.165, 1.54) is 24.3 Å². The molecule has 0 aromatic heterocycles. The Morgan fingerprint density at radius 3 is 2.52 bits per heavy atom. The molecule has 148 valence electrons. The average molecular weight is 415 g/mol. The number of nitrogens with zero attached hydrogens (tertiary/aromatic N) is 1. The molecule has 0 spiro atoms. The smallest absolute Gasteiger partial charge is 0.341 e. The number of halogens is 1. The van der Waals surface area contributed by atoms with Crippen LogP contribution in [0.2, 0.25) is 5.02 Å². The lowest BCUT2D eigenvalue weighted by molar-refractivity contribution is -0.139. The fourth-order valence-electron chi connectivity index (χ4n) is 2.67. The molecule has 4 amide bonds. The Balaban J connectivity index is 1.91. The van der Waals surface area contributed by atoms with Gasteiger partial charge in [-0.15, -0.1) is 0 Å². The predicted molar refractivity (Wildman–Crippen MR) is 105 cm³/mol. The van der Waals surface area contributed by atoms with E-state index in [9.17, 15) is 19.2 Å². The molecule has 0 atom stereocenters. The van der Waals surface area contributed by atoms with Crippen LogP contribution in [0, 0.1) is 6.92 Å². The highest BCUT2D eigenvalue weighted by Crippen LogP contribution is 2.28. The van der Waals surface area contributed by atoms with Crippen molar-refractivity contribution in [3.63, 3.8) is 0 Å². The van der Waals surface area contributed by atoms with Crippen LogP contribution in [0.3, 0.4) is 0 Å². The second-order valence-electron chi connectivity index (χ2n) is 6.14. The number of barbiturate groups is 1. The molecule has 2 aromatic carbocycles. The van der Waals surface area contributed by atoms with Gasteiger partial charge in [-0.25, -0.2) is 14.5 Å². The van der Waals surface area contributed by atoms with Crippen molar-refractivity contribution < 1.29 is 29.0 Å². The van der Waals surface area contributed by atoms with Crippen molar-refractivity contribution in [2.75, 3.05) is 11.5 Å². The fourth-order valence-corrected chi connectivity index (χ4v) is 2.84. The first-order chi connectivity index (χ1) is 13.8. The lowest BCUT2D eigenvalue weighted by Gasteiger charge is -2.27. The number of anilines is 1. The van der Waals surface area contributed by atoms with E-state index in [0.29, 0.717) is 21.9 Å². The largest absolute Gasteiger partial charge is 0.482 e. The van der Waals surface area contributed by atoms with E-state index in [1.54, 1.807) is 31.2 Å². The molecule has 9 heteroatoms. The zero-order valence-electron chi connectivity index (χ0n) is 15.1. The molecular formula is C20H15ClN2O6. The zero-order chi connectivity index (χ0) is 21.1. The Kier molecular flexibility index (Phi) is 5.65. The number of benzene rings is 2. The number of imide groups is 2. The summed E-state index contributed by atoms with van der Waals surface area (Å²) in [4.78, 5) is 48.8. The van der Waals surface area contributed by atoms with Crippen molar-refractivity contribution >= 4 is 47.2 Å². The molecule has 1 aliphatic heterocycles. The minimum atomic E-state index is -1.11. The SMILES string of the molecule is Cc1ccc(Cl)cc1N1C(=O)NC(=O)/C(=C/c2ccc(OCC(=O)O)cc2)C1=O. The van der Waals surface area contributed by atoms with Gasteiger partial charge in [0, 0.05) is 5.02 Å². The van der Waals surface area contributed by atoms with Crippen molar-refractivity contribution in [3.05, 3.63) is 64.2 Å². The maximum atomic E-state index is 12.9. The number of rotatable bonds is 5. The van der Waals surface area contributed by atoms with Gasteiger partial charge in [-0.2, -0.15) is 0 Å². The molecule has 8 nitrogen and oxygen atoms in total. The highest BCUT2D eigenvalue weighted by Gasteiger charge is 2.37. The van der Waals surface area contributed by atoms with Gasteiger partial charge in [-0.1, -0.05) is 29.8 Å². The molecule has 0 bridgehead atoms. The molecular weight excluding hydrogens is 400 g/mol. The topological polar surface area (TPSA) is 113 Å². The number of nitrogens with one attached hydrogen (secondary N) is 1. The third-order valence-electron chi connectivity index (χ3n) is 4.07. The van der Waals surface area contributed by atoms with Crippen LogP contribution in [0.15, 0.2) is 48.0 Å². The summed E-state index contributed by atoms with van der Waals surface area (Å²) in [7, 11) is 0. The molecule has 29 heavy (non-hydrogen) atoms. The Labute approximate surface area is 170 Å².